The highest BCUT2D eigenvalue weighted by molar-refractivity contribution is 6.94. The van der Waals surface area contributed by atoms with Gasteiger partial charge in [0.2, 0.25) is 0 Å². The van der Waals surface area contributed by atoms with Gasteiger partial charge in [-0.05, 0) is 388 Å². The number of carbonyl (C=O) groups is 1. The van der Waals surface area contributed by atoms with Gasteiger partial charge in [0.15, 0.2) is 101 Å². The number of methoxy groups -OCH3 is 3. The van der Waals surface area contributed by atoms with Crippen LogP contribution in [0.1, 0.15) is 89.3 Å². The van der Waals surface area contributed by atoms with Crippen LogP contribution >= 0.6 is 0 Å². The second-order valence-electron chi connectivity index (χ2n) is 49.7. The van der Waals surface area contributed by atoms with Gasteiger partial charge in [-0.15, -0.1) is 0 Å². The van der Waals surface area contributed by atoms with Gasteiger partial charge in [0, 0.05) is 33.4 Å². The Morgan fingerprint density at radius 1 is 0.255 bits per heavy atom. The van der Waals surface area contributed by atoms with E-state index in [1.165, 1.54) is 13.0 Å². The van der Waals surface area contributed by atoms with Crippen LogP contribution in [0, 0.1) is 0 Å². The Morgan fingerprint density at radius 3 is 0.745 bits per heavy atom. The quantitative estimate of drug-likeness (QED) is 0.0269. The molecule has 0 aliphatic rings. The second-order valence-corrected chi connectivity index (χ2v) is 124. The lowest BCUT2D eigenvalue weighted by Gasteiger charge is -2.44. The Morgan fingerprint density at radius 2 is 0.483 bits per heavy atom. The number of phenols is 3. The molecule has 47 heteroatoms. The third-order valence-corrected chi connectivity index (χ3v) is 88.4. The van der Waals surface area contributed by atoms with Crippen molar-refractivity contribution in [1.82, 2.24) is 0 Å². The number of rotatable bonds is 77. The highest BCUT2D eigenvalue weighted by Crippen LogP contribution is 2.42. The van der Waals surface area contributed by atoms with E-state index in [1.807, 2.05) is 36.4 Å². The topological polar surface area (TPSA) is 309 Å². The number of phenolic OH excluding ortho intramolecular Hbond substituents is 3. The Balaban J connectivity index is 0.00000109. The van der Waals surface area contributed by atoms with Crippen LogP contribution in [0.3, 0.4) is 0 Å². The van der Waals surface area contributed by atoms with E-state index in [0.717, 1.165) is 130 Å². The van der Waals surface area contributed by atoms with Gasteiger partial charge in [-0.1, -0.05) is 58.1 Å². The molecule has 0 aromatic heterocycles. The van der Waals surface area contributed by atoms with E-state index in [4.69, 9.17) is 110 Å². The first-order valence-corrected chi connectivity index (χ1v) is 107. The predicted octanol–water partition coefficient (Wildman–Crippen LogP) is 26.1. The van der Waals surface area contributed by atoms with E-state index >= 15 is 0 Å². The van der Waals surface area contributed by atoms with E-state index < -0.39 is 152 Å². The monoisotopic (exact) mass is 2360 g/mol. The van der Waals surface area contributed by atoms with Gasteiger partial charge < -0.3 is 126 Å². The molecule has 3 rings (SSSR count). The van der Waals surface area contributed by atoms with Crippen molar-refractivity contribution in [1.29, 1.82) is 0 Å². The maximum absolute atomic E-state index is 10.9. The zero-order valence-corrected chi connectivity index (χ0v) is 118. The highest BCUT2D eigenvalue weighted by atomic mass is 28.5. The molecule has 6 atom stereocenters. The predicted molar refractivity (Wildman–Crippen MR) is 639 cm³/mol. The van der Waals surface area contributed by atoms with E-state index in [9.17, 15) is 20.1 Å². The number of benzene rings is 3. The molecule has 0 saturated carbocycles. The number of esters is 1. The zero-order chi connectivity index (χ0) is 111. The summed E-state index contributed by atoms with van der Waals surface area (Å²) in [6.07, 6.45) is 9.29. The first-order chi connectivity index (χ1) is 66.0. The standard InChI is InChI=1S/C36H78O9Si6.C35H78O10Si7.C27H56O10Si5/c1-36(2,3)48(11,12)29-18-23-39-25-27-41-28-26-40-24-19-31-51(16,44-49(13,14)42-46(5,6)7)45-50(15,43-47(8,9)10)30-17-20-33-21-22-34(37)35(32-33)38-4;1-37-35-32-33(21-22-34(35)36)20-17-30-51(15,43-48(8,9)10)45-52(16,44-50(13,14)42-47(5,6)7)31-19-24-39-26-28-40-27-25-38-23-18-29-49(11,12)41-46(2,3)4;1-24(28)33-20-19-31-17-18-32-23-42(12,36-40(9,10)34-38(3,4)5)37-41(11,35-39(6,7)8)21-13-14-25-15-16-26(29)27(22-25)30-2/h21-22,32,37H,17-20,23-31H2,1-16H3;21-22,32,36H,17-20,23-31H2,1-16H3;15-16,22,29H,13-14,17-21,23H2,1-12H3. The molecule has 0 fully saturated rings. The minimum Gasteiger partial charge on any atom is -0.504 e. The van der Waals surface area contributed by atoms with Crippen molar-refractivity contribution in [3.63, 3.8) is 0 Å². The lowest BCUT2D eigenvalue weighted by Crippen LogP contribution is -2.62. The van der Waals surface area contributed by atoms with Crippen molar-refractivity contribution in [3.05, 3.63) is 71.3 Å². The molecule has 145 heavy (non-hydrogen) atoms. The maximum atomic E-state index is 10.9. The minimum atomic E-state index is -2.94. The zero-order valence-electron chi connectivity index (χ0n) is 99.7. The Bertz CT molecular complexity index is 4070. The number of aryl methyl sites for hydroxylation is 3. The summed E-state index contributed by atoms with van der Waals surface area (Å²) >= 11 is 0. The Kier molecular flexibility index (Phi) is 63.4. The first-order valence-electron chi connectivity index (χ1n) is 53.0. The first kappa shape index (κ1) is 142. The largest absolute Gasteiger partial charge is 0.504 e. The highest BCUT2D eigenvalue weighted by Gasteiger charge is 2.53. The molecule has 850 valence electrons. The fourth-order valence-corrected chi connectivity index (χ4v) is 98.1. The molecule has 3 N–H and O–H groups in total. The fraction of sp³-hybridized carbons (Fsp3) is 0.806. The van der Waals surface area contributed by atoms with Crippen molar-refractivity contribution in [2.24, 2.45) is 0 Å². The molecule has 0 heterocycles. The summed E-state index contributed by atoms with van der Waals surface area (Å²) in [5.74, 6) is 1.57. The van der Waals surface area contributed by atoms with Gasteiger partial charge in [-0.3, -0.25) is 4.79 Å². The number of ether oxygens (including phenoxy) is 12. The molecule has 3 aromatic carbocycles. The molecular weight excluding hydrogens is 2150 g/mol. The molecular formula is C98H212O29Si18. The molecule has 0 bridgehead atoms. The normalized spacial score (nSPS) is 15.8. The van der Waals surface area contributed by atoms with E-state index in [0.29, 0.717) is 114 Å². The maximum Gasteiger partial charge on any atom is 0.344 e. The van der Waals surface area contributed by atoms with Gasteiger partial charge in [0.1, 0.15) is 6.61 Å². The van der Waals surface area contributed by atoms with Crippen LogP contribution in [-0.4, -0.2) is 306 Å². The summed E-state index contributed by atoms with van der Waals surface area (Å²) in [6, 6.07) is 23.1. The number of carbonyl (C=O) groups excluding carboxylic acids is 1. The van der Waals surface area contributed by atoms with Crippen molar-refractivity contribution in [2.75, 3.05) is 133 Å². The summed E-state index contributed by atoms with van der Waals surface area (Å²) in [7, 11) is -35.0. The number of hydrogen-bond acceptors (Lipinski definition) is 29. The summed E-state index contributed by atoms with van der Waals surface area (Å²) in [5.41, 5.74) is 3.32. The van der Waals surface area contributed by atoms with Gasteiger partial charge in [0.25, 0.3) is 0 Å². The minimum absolute atomic E-state index is 0.131. The molecule has 29 nitrogen and oxygen atoms in total. The summed E-state index contributed by atoms with van der Waals surface area (Å²) in [6.45, 7) is 99.0. The Labute approximate surface area is 901 Å². The summed E-state index contributed by atoms with van der Waals surface area (Å²) in [5, 5.41) is 30.5. The van der Waals surface area contributed by atoms with E-state index in [2.05, 4.69) is 263 Å². The van der Waals surface area contributed by atoms with E-state index in [1.54, 1.807) is 39.5 Å². The molecule has 0 amide bonds. The van der Waals surface area contributed by atoms with Gasteiger partial charge >= 0.3 is 83.0 Å². The summed E-state index contributed by atoms with van der Waals surface area (Å²) < 4.78 is 157. The van der Waals surface area contributed by atoms with E-state index in [-0.39, 0.29) is 29.8 Å². The van der Waals surface area contributed by atoms with Crippen LogP contribution in [0.4, 0.5) is 0 Å². The third-order valence-electron chi connectivity index (χ3n) is 22.3. The summed E-state index contributed by atoms with van der Waals surface area (Å²) in [4.78, 5) is 10.9. The van der Waals surface area contributed by atoms with Gasteiger partial charge in [-0.25, -0.2) is 0 Å². The molecule has 0 spiro atoms. The number of aromatic hydroxyl groups is 3. The second kappa shape index (κ2) is 64.8. The molecule has 6 unspecified atom stereocenters. The van der Waals surface area contributed by atoms with Crippen molar-refractivity contribution in [3.8, 4) is 34.5 Å². The molecule has 0 radical (unpaired) electrons. The van der Waals surface area contributed by atoms with Crippen LogP contribution in [-0.2, 0) is 120 Å². The Hall–Kier alpha value is -1.01. The molecule has 0 aliphatic carbocycles. The fourth-order valence-electron chi connectivity index (χ4n) is 17.6. The lowest BCUT2D eigenvalue weighted by atomic mass is 10.1. The average molecular weight is 2360 g/mol. The van der Waals surface area contributed by atoms with Crippen molar-refractivity contribution in [2.45, 2.75) is 381 Å². The average Bonchev–Trinajstić information content (AvgIpc) is 0.802. The SMILES string of the molecule is COc1cc(CCC[Si](C)(O[Si](C)(C)C)O[Si](C)(CCCOCCOCCOCCC[Si](C)(C)C(C)(C)C)O[Si](C)(C)O[Si](C)(C)C)ccc1O.COc1cc(CCC[Si](C)(O[Si](C)(C)C)O[Si](C)(CCCOCCOCCOCCC[Si](C)(C)O[Si](C)(C)C)O[Si](C)(C)O[Si](C)(C)C)ccc1O.COc1cc(CCC[Si](C)(O[Si](C)(C)C)O[Si](C)(COCCOCCOC(C)=O)O[Si](C)(C)O[Si](C)(C)C)ccc1O. The smallest absolute Gasteiger partial charge is 0.344 e. The van der Waals surface area contributed by atoms with Crippen molar-refractivity contribution < 1.29 is 130 Å². The molecule has 3 aromatic rings. The molecule has 0 saturated heterocycles. The molecule has 0 aliphatic heterocycles. The lowest BCUT2D eigenvalue weighted by molar-refractivity contribution is -0.142. The van der Waals surface area contributed by atoms with Crippen LogP contribution in [0.2, 0.25) is 290 Å². The van der Waals surface area contributed by atoms with Crippen molar-refractivity contribution >= 4 is 158 Å². The third kappa shape index (κ3) is 71.1. The van der Waals surface area contributed by atoms with Crippen LogP contribution < -0.4 is 14.2 Å². The number of hydrogen-bond donors (Lipinski definition) is 3. The van der Waals surface area contributed by atoms with Crippen LogP contribution in [0.5, 0.6) is 34.5 Å². The van der Waals surface area contributed by atoms with Gasteiger partial charge in [-0.2, -0.15) is 0 Å². The van der Waals surface area contributed by atoms with Crippen LogP contribution in [0.25, 0.3) is 0 Å². The van der Waals surface area contributed by atoms with Gasteiger partial charge in [0.05, 0.1) is 108 Å². The van der Waals surface area contributed by atoms with Crippen LogP contribution in [0.15, 0.2) is 54.6 Å².